The summed E-state index contributed by atoms with van der Waals surface area (Å²) in [6, 6.07) is 7.97. The number of benzene rings is 1. The summed E-state index contributed by atoms with van der Waals surface area (Å²) in [5.41, 5.74) is 1.45. The van der Waals surface area contributed by atoms with Crippen LogP contribution in [0.15, 0.2) is 41.3 Å². The number of hydrogen-bond acceptors (Lipinski definition) is 6. The van der Waals surface area contributed by atoms with Crippen molar-refractivity contribution in [3.63, 3.8) is 0 Å². The molecule has 8 heteroatoms. The molecule has 3 aromatic rings. The van der Waals surface area contributed by atoms with E-state index in [2.05, 4.69) is 41.1 Å². The Hall–Kier alpha value is -3.29. The maximum absolute atomic E-state index is 15.1. The third kappa shape index (κ3) is 4.42. The van der Waals surface area contributed by atoms with E-state index in [4.69, 9.17) is 0 Å². The van der Waals surface area contributed by atoms with Gasteiger partial charge >= 0.3 is 0 Å². The topological polar surface area (TPSA) is 84.1 Å². The lowest BCUT2D eigenvalue weighted by Gasteiger charge is -2.54. The Kier molecular flexibility index (Phi) is 5.65. The zero-order chi connectivity index (χ0) is 25.0. The average Bonchev–Trinajstić information content (AvgIpc) is 2.79. The highest BCUT2D eigenvalue weighted by Gasteiger charge is 2.47. The maximum Gasteiger partial charge on any atom is 0.267 e. The van der Waals surface area contributed by atoms with Crippen LogP contribution in [0.5, 0.6) is 5.75 Å². The summed E-state index contributed by atoms with van der Waals surface area (Å²) in [7, 11) is 3.60. The van der Waals surface area contributed by atoms with Crippen LogP contribution in [0.2, 0.25) is 0 Å². The van der Waals surface area contributed by atoms with E-state index in [1.165, 1.54) is 61.8 Å². The van der Waals surface area contributed by atoms with Crippen LogP contribution in [-0.2, 0) is 7.05 Å². The molecule has 2 saturated carbocycles. The zero-order valence-corrected chi connectivity index (χ0v) is 20.8. The molecule has 2 aliphatic carbocycles. The number of anilines is 1. The van der Waals surface area contributed by atoms with Gasteiger partial charge in [0, 0.05) is 31.8 Å². The Morgan fingerprint density at radius 1 is 1.09 bits per heavy atom. The first kappa shape index (κ1) is 23.5. The van der Waals surface area contributed by atoms with Crippen molar-refractivity contribution in [2.45, 2.75) is 58.4 Å². The number of aromatic nitrogens is 4. The Bertz CT molecular complexity index is 1280. The lowest BCUT2D eigenvalue weighted by atomic mass is 9.55. The van der Waals surface area contributed by atoms with Crippen LogP contribution >= 0.6 is 0 Å². The first-order valence-electron chi connectivity index (χ1n) is 12.2. The van der Waals surface area contributed by atoms with Crippen LogP contribution in [0.3, 0.4) is 0 Å². The first-order chi connectivity index (χ1) is 16.6. The van der Waals surface area contributed by atoms with Crippen molar-refractivity contribution in [1.29, 1.82) is 0 Å². The Morgan fingerprint density at radius 2 is 1.80 bits per heavy atom. The first-order valence-corrected chi connectivity index (χ1v) is 12.2. The van der Waals surface area contributed by atoms with E-state index in [1.807, 2.05) is 6.07 Å². The second-order valence-corrected chi connectivity index (χ2v) is 11.2. The van der Waals surface area contributed by atoms with E-state index < -0.39 is 5.82 Å². The number of rotatable bonds is 4. The van der Waals surface area contributed by atoms with Crippen LogP contribution in [0.25, 0.3) is 22.4 Å². The van der Waals surface area contributed by atoms with Crippen LogP contribution in [0.1, 0.15) is 52.4 Å². The molecule has 2 bridgehead atoms. The summed E-state index contributed by atoms with van der Waals surface area (Å²) < 4.78 is 16.3. The second-order valence-electron chi connectivity index (χ2n) is 11.2. The fourth-order valence-electron chi connectivity index (χ4n) is 6.45. The van der Waals surface area contributed by atoms with E-state index >= 15 is 4.39 Å². The Morgan fingerprint density at radius 3 is 2.40 bits per heavy atom. The minimum Gasteiger partial charge on any atom is -0.507 e. The van der Waals surface area contributed by atoms with Gasteiger partial charge in [0.1, 0.15) is 11.6 Å². The Labute approximate surface area is 204 Å². The molecule has 7 nitrogen and oxygen atoms in total. The summed E-state index contributed by atoms with van der Waals surface area (Å²) >= 11 is 0. The number of aromatic hydroxyl groups is 1. The molecule has 0 aliphatic heterocycles. The molecule has 0 radical (unpaired) electrons. The van der Waals surface area contributed by atoms with Gasteiger partial charge in [0.05, 0.1) is 17.5 Å². The molecule has 2 heterocycles. The molecule has 1 aromatic carbocycles. The number of halogens is 1. The molecule has 0 saturated heterocycles. The van der Waals surface area contributed by atoms with Crippen LogP contribution in [0.4, 0.5) is 10.2 Å². The van der Waals surface area contributed by atoms with Gasteiger partial charge in [-0.3, -0.25) is 4.79 Å². The van der Waals surface area contributed by atoms with E-state index in [9.17, 15) is 9.90 Å². The highest BCUT2D eigenvalue weighted by molar-refractivity contribution is 5.74. The molecule has 35 heavy (non-hydrogen) atoms. The number of phenols is 1. The van der Waals surface area contributed by atoms with Crippen molar-refractivity contribution in [2.24, 2.45) is 17.9 Å². The lowest BCUT2D eigenvalue weighted by molar-refractivity contribution is 0.0141. The van der Waals surface area contributed by atoms with Crippen molar-refractivity contribution in [1.82, 2.24) is 20.0 Å². The van der Waals surface area contributed by atoms with Crippen molar-refractivity contribution in [3.8, 4) is 28.1 Å². The molecule has 2 aromatic heterocycles. The highest BCUT2D eigenvalue weighted by atomic mass is 19.1. The quantitative estimate of drug-likeness (QED) is 0.573. The van der Waals surface area contributed by atoms with Crippen LogP contribution < -0.4 is 10.5 Å². The SMILES string of the molecule is CN(c1ccc(-c2c(O)cc(-c3cnn(C)c(=O)c3)cc2F)nn1)C1C[C@]2(C)CCC[C@](C)(C1)C2. The number of nitrogens with zero attached hydrogens (tertiary/aromatic N) is 5. The van der Waals surface area contributed by atoms with Crippen LogP contribution in [0, 0.1) is 16.6 Å². The molecular weight excluding hydrogens is 445 g/mol. The summed E-state index contributed by atoms with van der Waals surface area (Å²) in [5.74, 6) is -0.164. The summed E-state index contributed by atoms with van der Waals surface area (Å²) in [6.45, 7) is 4.83. The monoisotopic (exact) mass is 477 g/mol. The zero-order valence-electron chi connectivity index (χ0n) is 20.8. The van der Waals surface area contributed by atoms with Gasteiger partial charge in [-0.05, 0) is 72.8 Å². The highest BCUT2D eigenvalue weighted by Crippen LogP contribution is 2.56. The molecular formula is C27H32FN5O2. The van der Waals surface area contributed by atoms with Gasteiger partial charge in [-0.2, -0.15) is 5.10 Å². The van der Waals surface area contributed by atoms with Gasteiger partial charge in [0.25, 0.3) is 5.56 Å². The minimum atomic E-state index is -0.642. The molecule has 2 fully saturated rings. The van der Waals surface area contributed by atoms with Gasteiger partial charge in [-0.1, -0.05) is 20.3 Å². The van der Waals surface area contributed by atoms with Gasteiger partial charge in [0.2, 0.25) is 0 Å². The Balaban J connectivity index is 1.39. The summed E-state index contributed by atoms with van der Waals surface area (Å²) in [5, 5.41) is 23.2. The fourth-order valence-corrected chi connectivity index (χ4v) is 6.45. The predicted molar refractivity (Wildman–Crippen MR) is 134 cm³/mol. The smallest absolute Gasteiger partial charge is 0.267 e. The predicted octanol–water partition coefficient (Wildman–Crippen LogP) is 4.93. The largest absolute Gasteiger partial charge is 0.507 e. The third-order valence-electron chi connectivity index (χ3n) is 8.06. The molecule has 0 spiro atoms. The molecule has 5 rings (SSSR count). The van der Waals surface area contributed by atoms with Gasteiger partial charge < -0.3 is 10.0 Å². The van der Waals surface area contributed by atoms with E-state index in [0.717, 1.165) is 18.7 Å². The number of aryl methyl sites for hydroxylation is 1. The normalized spacial score (nSPS) is 25.9. The van der Waals surface area contributed by atoms with Gasteiger partial charge in [-0.25, -0.2) is 9.07 Å². The second kappa shape index (κ2) is 8.43. The minimum absolute atomic E-state index is 0.0144. The van der Waals surface area contributed by atoms with Crippen molar-refractivity contribution >= 4 is 5.82 Å². The average molecular weight is 478 g/mol. The van der Waals surface area contributed by atoms with E-state index in [1.54, 1.807) is 6.07 Å². The van der Waals surface area contributed by atoms with Crippen molar-refractivity contribution in [2.75, 3.05) is 11.9 Å². The molecule has 1 unspecified atom stereocenters. The molecule has 0 amide bonds. The number of hydrogen-bond donors (Lipinski definition) is 1. The van der Waals surface area contributed by atoms with Crippen molar-refractivity contribution in [3.05, 3.63) is 52.7 Å². The van der Waals surface area contributed by atoms with Gasteiger partial charge in [0.15, 0.2) is 5.82 Å². The molecule has 184 valence electrons. The molecule has 1 N–H and O–H groups in total. The lowest BCUT2D eigenvalue weighted by Crippen LogP contribution is -2.49. The van der Waals surface area contributed by atoms with Crippen LogP contribution in [-0.4, -0.2) is 38.2 Å². The maximum atomic E-state index is 15.1. The third-order valence-corrected chi connectivity index (χ3v) is 8.06. The summed E-state index contributed by atoms with van der Waals surface area (Å²) in [4.78, 5) is 14.1. The van der Waals surface area contributed by atoms with E-state index in [-0.39, 0.29) is 22.6 Å². The van der Waals surface area contributed by atoms with Crippen molar-refractivity contribution < 1.29 is 9.50 Å². The number of phenolic OH excluding ortho intramolecular Hbond substituents is 1. The fraction of sp³-hybridized carbons (Fsp3) is 0.481. The standard InChI is InChI=1S/C27H32FN5O2/c1-26-8-5-9-27(2,16-26)14-19(13-26)32(3)23-7-6-21(30-31-23)25-20(28)10-17(11-22(25)34)18-12-24(35)33(4)29-15-18/h6-7,10-12,15,19,34H,5,8-9,13-14,16H2,1-4H3/t19?,26-,27+. The summed E-state index contributed by atoms with van der Waals surface area (Å²) in [6.07, 6.45) is 8.88. The molecule has 2 aliphatic rings. The number of fused-ring (bicyclic) bond motifs is 2. The molecule has 3 atom stereocenters. The van der Waals surface area contributed by atoms with Gasteiger partial charge in [-0.15, -0.1) is 10.2 Å². The van der Waals surface area contributed by atoms with E-state index in [0.29, 0.717) is 28.0 Å².